The number of aryl methyl sites for hydroxylation is 1. The van der Waals surface area contributed by atoms with Crippen molar-refractivity contribution in [1.82, 2.24) is 9.55 Å². The molecule has 1 aromatic heterocycles. The first kappa shape index (κ1) is 12.6. The lowest BCUT2D eigenvalue weighted by Crippen LogP contribution is -2.16. The van der Waals surface area contributed by atoms with Gasteiger partial charge in [-0.05, 0) is 24.1 Å². The highest BCUT2D eigenvalue weighted by Gasteiger charge is 2.10. The molecule has 4 heteroatoms. The SMILES string of the molecule is COc1ccc(CC(O)Cc2nccn2C)cc1. The number of aliphatic hydroxyl groups excluding tert-OH is 1. The van der Waals surface area contributed by atoms with Crippen molar-refractivity contribution in [2.45, 2.75) is 18.9 Å². The molecule has 0 aliphatic heterocycles. The number of nitrogens with zero attached hydrogens (tertiary/aromatic N) is 2. The lowest BCUT2D eigenvalue weighted by Gasteiger charge is -2.11. The van der Waals surface area contributed by atoms with Gasteiger partial charge in [-0.2, -0.15) is 0 Å². The summed E-state index contributed by atoms with van der Waals surface area (Å²) in [6.45, 7) is 0. The molecular formula is C14H18N2O2. The number of aromatic nitrogens is 2. The van der Waals surface area contributed by atoms with Crippen LogP contribution >= 0.6 is 0 Å². The molecule has 0 spiro atoms. The van der Waals surface area contributed by atoms with Gasteiger partial charge in [-0.15, -0.1) is 0 Å². The second kappa shape index (κ2) is 5.69. The van der Waals surface area contributed by atoms with Crippen LogP contribution in [0.5, 0.6) is 5.75 Å². The Labute approximate surface area is 107 Å². The van der Waals surface area contributed by atoms with Crippen molar-refractivity contribution in [2.75, 3.05) is 7.11 Å². The maximum Gasteiger partial charge on any atom is 0.118 e. The summed E-state index contributed by atoms with van der Waals surface area (Å²) in [5, 5.41) is 10.0. The molecule has 1 aromatic carbocycles. The molecule has 0 amide bonds. The predicted octanol–water partition coefficient (Wildman–Crippen LogP) is 1.57. The number of hydrogen-bond acceptors (Lipinski definition) is 3. The number of methoxy groups -OCH3 is 1. The molecule has 2 rings (SSSR count). The summed E-state index contributed by atoms with van der Waals surface area (Å²) in [6.07, 6.45) is 4.40. The van der Waals surface area contributed by atoms with Gasteiger partial charge in [0.1, 0.15) is 11.6 Å². The molecule has 1 unspecified atom stereocenters. The number of aliphatic hydroxyl groups is 1. The Morgan fingerprint density at radius 3 is 2.56 bits per heavy atom. The largest absolute Gasteiger partial charge is 0.497 e. The molecule has 0 fully saturated rings. The number of rotatable bonds is 5. The van der Waals surface area contributed by atoms with E-state index in [1.807, 2.05) is 42.1 Å². The van der Waals surface area contributed by atoms with Crippen LogP contribution in [0.4, 0.5) is 0 Å². The second-order valence-corrected chi connectivity index (χ2v) is 4.36. The van der Waals surface area contributed by atoms with E-state index in [9.17, 15) is 5.11 Å². The highest BCUT2D eigenvalue weighted by atomic mass is 16.5. The van der Waals surface area contributed by atoms with Gasteiger partial charge in [0.15, 0.2) is 0 Å². The van der Waals surface area contributed by atoms with Gasteiger partial charge in [0.05, 0.1) is 13.2 Å². The van der Waals surface area contributed by atoms with Crippen LogP contribution in [0.3, 0.4) is 0 Å². The lowest BCUT2D eigenvalue weighted by atomic mass is 10.1. The van der Waals surface area contributed by atoms with E-state index in [2.05, 4.69) is 4.98 Å². The minimum Gasteiger partial charge on any atom is -0.497 e. The van der Waals surface area contributed by atoms with Crippen LogP contribution in [0.2, 0.25) is 0 Å². The van der Waals surface area contributed by atoms with E-state index in [4.69, 9.17) is 4.74 Å². The molecule has 0 saturated heterocycles. The number of benzene rings is 1. The maximum atomic E-state index is 10.0. The summed E-state index contributed by atoms with van der Waals surface area (Å²) in [7, 11) is 3.58. The zero-order valence-corrected chi connectivity index (χ0v) is 10.7. The Kier molecular flexibility index (Phi) is 3.99. The van der Waals surface area contributed by atoms with Crippen LogP contribution in [0, 0.1) is 0 Å². The van der Waals surface area contributed by atoms with Crippen LogP contribution in [0.15, 0.2) is 36.7 Å². The molecule has 2 aromatic rings. The molecule has 0 saturated carbocycles. The summed E-state index contributed by atoms with van der Waals surface area (Å²) < 4.78 is 7.03. The van der Waals surface area contributed by atoms with Crippen molar-refractivity contribution in [3.8, 4) is 5.75 Å². The highest BCUT2D eigenvalue weighted by molar-refractivity contribution is 5.27. The third-order valence-electron chi connectivity index (χ3n) is 2.97. The van der Waals surface area contributed by atoms with Gasteiger partial charge in [-0.25, -0.2) is 4.98 Å². The Morgan fingerprint density at radius 2 is 2.00 bits per heavy atom. The Morgan fingerprint density at radius 1 is 1.28 bits per heavy atom. The second-order valence-electron chi connectivity index (χ2n) is 4.36. The van der Waals surface area contributed by atoms with Gasteiger partial charge < -0.3 is 14.4 Å². The molecule has 1 atom stereocenters. The Balaban J connectivity index is 1.94. The van der Waals surface area contributed by atoms with Crippen molar-refractivity contribution < 1.29 is 9.84 Å². The fourth-order valence-electron chi connectivity index (χ4n) is 1.91. The lowest BCUT2D eigenvalue weighted by molar-refractivity contribution is 0.172. The highest BCUT2D eigenvalue weighted by Crippen LogP contribution is 2.13. The monoisotopic (exact) mass is 246 g/mol. The zero-order valence-electron chi connectivity index (χ0n) is 10.7. The molecule has 96 valence electrons. The first-order valence-electron chi connectivity index (χ1n) is 5.96. The van der Waals surface area contributed by atoms with Crippen LogP contribution in [-0.4, -0.2) is 27.9 Å². The van der Waals surface area contributed by atoms with E-state index >= 15 is 0 Å². The number of hydrogen-bond donors (Lipinski definition) is 1. The first-order valence-corrected chi connectivity index (χ1v) is 5.96. The van der Waals surface area contributed by atoms with E-state index in [-0.39, 0.29) is 0 Å². The summed E-state index contributed by atoms with van der Waals surface area (Å²) in [5.74, 6) is 1.73. The molecule has 4 nitrogen and oxygen atoms in total. The quantitative estimate of drug-likeness (QED) is 0.871. The van der Waals surface area contributed by atoms with Gasteiger partial charge in [-0.3, -0.25) is 0 Å². The molecule has 18 heavy (non-hydrogen) atoms. The molecule has 0 aliphatic carbocycles. The smallest absolute Gasteiger partial charge is 0.118 e. The summed E-state index contributed by atoms with van der Waals surface area (Å²) >= 11 is 0. The van der Waals surface area contributed by atoms with Gasteiger partial charge in [-0.1, -0.05) is 12.1 Å². The third kappa shape index (κ3) is 3.11. The summed E-state index contributed by atoms with van der Waals surface area (Å²) in [6, 6.07) is 7.76. The molecule has 1 N–H and O–H groups in total. The van der Waals surface area contributed by atoms with E-state index < -0.39 is 6.10 Å². The maximum absolute atomic E-state index is 10.0. The minimum absolute atomic E-state index is 0.417. The third-order valence-corrected chi connectivity index (χ3v) is 2.97. The number of ether oxygens (including phenoxy) is 1. The van der Waals surface area contributed by atoms with Crippen LogP contribution in [0.25, 0.3) is 0 Å². The van der Waals surface area contributed by atoms with Crippen molar-refractivity contribution >= 4 is 0 Å². The van der Waals surface area contributed by atoms with Gasteiger partial charge in [0, 0.05) is 25.9 Å². The van der Waals surface area contributed by atoms with E-state index in [0.717, 1.165) is 17.1 Å². The number of imidazole rings is 1. The Hall–Kier alpha value is -1.81. The fourth-order valence-corrected chi connectivity index (χ4v) is 1.91. The molecule has 0 bridgehead atoms. The van der Waals surface area contributed by atoms with Crippen molar-refractivity contribution in [2.24, 2.45) is 7.05 Å². The van der Waals surface area contributed by atoms with Crippen molar-refractivity contribution in [1.29, 1.82) is 0 Å². The van der Waals surface area contributed by atoms with Gasteiger partial charge >= 0.3 is 0 Å². The average molecular weight is 246 g/mol. The summed E-state index contributed by atoms with van der Waals surface area (Å²) in [4.78, 5) is 4.21. The molecule has 1 heterocycles. The van der Waals surface area contributed by atoms with Crippen molar-refractivity contribution in [3.05, 3.63) is 48.0 Å². The summed E-state index contributed by atoms with van der Waals surface area (Å²) in [5.41, 5.74) is 1.09. The van der Waals surface area contributed by atoms with Crippen LogP contribution in [0.1, 0.15) is 11.4 Å². The predicted molar refractivity (Wildman–Crippen MR) is 69.6 cm³/mol. The Bertz CT molecular complexity index is 491. The molecule has 0 radical (unpaired) electrons. The van der Waals surface area contributed by atoms with E-state index in [1.165, 1.54) is 0 Å². The van der Waals surface area contributed by atoms with Crippen LogP contribution in [-0.2, 0) is 19.9 Å². The van der Waals surface area contributed by atoms with E-state index in [1.54, 1.807) is 13.3 Å². The standard InChI is InChI=1S/C14H18N2O2/c1-16-8-7-15-14(16)10-12(17)9-11-3-5-13(18-2)6-4-11/h3-8,12,17H,9-10H2,1-2H3. The normalized spacial score (nSPS) is 12.4. The first-order chi connectivity index (χ1) is 8.69. The van der Waals surface area contributed by atoms with E-state index in [0.29, 0.717) is 12.8 Å². The molecular weight excluding hydrogens is 228 g/mol. The van der Waals surface area contributed by atoms with Gasteiger partial charge in [0.2, 0.25) is 0 Å². The topological polar surface area (TPSA) is 47.3 Å². The van der Waals surface area contributed by atoms with Gasteiger partial charge in [0.25, 0.3) is 0 Å². The zero-order chi connectivity index (χ0) is 13.0. The average Bonchev–Trinajstić information content (AvgIpc) is 2.76. The van der Waals surface area contributed by atoms with Crippen LogP contribution < -0.4 is 4.74 Å². The fraction of sp³-hybridized carbons (Fsp3) is 0.357. The minimum atomic E-state index is -0.417. The molecule has 0 aliphatic rings. The van der Waals surface area contributed by atoms with Crippen molar-refractivity contribution in [3.63, 3.8) is 0 Å².